The second kappa shape index (κ2) is 4.01. The highest BCUT2D eigenvalue weighted by Gasteiger charge is 2.40. The van der Waals surface area contributed by atoms with E-state index in [1.807, 2.05) is 6.07 Å². The van der Waals surface area contributed by atoms with Crippen LogP contribution in [0.25, 0.3) is 10.8 Å². The molecule has 0 bridgehead atoms. The zero-order chi connectivity index (χ0) is 14.1. The molecular weight excluding hydrogens is 332 g/mol. The van der Waals surface area contributed by atoms with Crippen LogP contribution in [0, 0.1) is 0 Å². The average molecular weight is 345 g/mol. The molecule has 5 rings (SSSR count). The highest BCUT2D eigenvalue weighted by atomic mass is 79.9. The Kier molecular flexibility index (Phi) is 2.30. The third-order valence-electron chi connectivity index (χ3n) is 4.90. The second-order valence-electron chi connectivity index (χ2n) is 5.93. The molecule has 0 radical (unpaired) electrons. The first-order valence-electron chi connectivity index (χ1n) is 7.35. The van der Waals surface area contributed by atoms with E-state index in [2.05, 4.69) is 22.0 Å². The van der Waals surface area contributed by atoms with E-state index in [0.717, 1.165) is 35.3 Å². The van der Waals surface area contributed by atoms with Crippen molar-refractivity contribution in [3.8, 4) is 11.5 Å². The predicted octanol–water partition coefficient (Wildman–Crippen LogP) is 4.08. The minimum atomic E-state index is -0.117. The highest BCUT2D eigenvalue weighted by molar-refractivity contribution is 9.09. The van der Waals surface area contributed by atoms with Crippen LogP contribution in [0.15, 0.2) is 12.1 Å². The normalized spacial score (nSPS) is 22.0. The third-order valence-corrected chi connectivity index (χ3v) is 5.77. The van der Waals surface area contributed by atoms with Crippen LogP contribution in [-0.2, 0) is 12.8 Å². The van der Waals surface area contributed by atoms with E-state index in [9.17, 15) is 4.79 Å². The Balaban J connectivity index is 1.93. The summed E-state index contributed by atoms with van der Waals surface area (Å²) >= 11 is 3.55. The Labute approximate surface area is 130 Å². The Hall–Kier alpha value is -1.55. The van der Waals surface area contributed by atoms with Crippen molar-refractivity contribution < 1.29 is 14.3 Å². The molecule has 2 aromatic rings. The first-order valence-corrected chi connectivity index (χ1v) is 8.26. The molecule has 0 fully saturated rings. The van der Waals surface area contributed by atoms with Gasteiger partial charge in [-0.3, -0.25) is 4.79 Å². The lowest BCUT2D eigenvalue weighted by molar-refractivity contribution is 0.0967. The number of fused-ring (bicyclic) bond motifs is 7. The monoisotopic (exact) mass is 344 g/mol. The quantitative estimate of drug-likeness (QED) is 0.675. The maximum absolute atomic E-state index is 12.3. The largest absolute Gasteiger partial charge is 0.454 e. The van der Waals surface area contributed by atoms with E-state index in [-0.39, 0.29) is 17.4 Å². The van der Waals surface area contributed by atoms with Crippen molar-refractivity contribution >= 4 is 32.5 Å². The first-order chi connectivity index (χ1) is 10.3. The molecule has 21 heavy (non-hydrogen) atoms. The van der Waals surface area contributed by atoms with Gasteiger partial charge in [0.2, 0.25) is 6.79 Å². The Bertz CT molecular complexity index is 825. The van der Waals surface area contributed by atoms with Gasteiger partial charge in [-0.25, -0.2) is 0 Å². The van der Waals surface area contributed by atoms with Gasteiger partial charge in [-0.15, -0.1) is 0 Å². The van der Waals surface area contributed by atoms with Crippen LogP contribution in [0.1, 0.15) is 44.7 Å². The fourth-order valence-corrected chi connectivity index (χ4v) is 4.65. The summed E-state index contributed by atoms with van der Waals surface area (Å²) in [5.74, 6) is 1.76. The van der Waals surface area contributed by atoms with Crippen LogP contribution in [0.4, 0.5) is 0 Å². The van der Waals surface area contributed by atoms with Crippen molar-refractivity contribution in [3.63, 3.8) is 0 Å². The Morgan fingerprint density at radius 3 is 2.43 bits per heavy atom. The van der Waals surface area contributed by atoms with E-state index in [1.54, 1.807) is 0 Å². The number of carbonyl (C=O) groups is 1. The van der Waals surface area contributed by atoms with Gasteiger partial charge in [0, 0.05) is 5.56 Å². The van der Waals surface area contributed by atoms with Crippen LogP contribution in [0.5, 0.6) is 11.5 Å². The zero-order valence-electron chi connectivity index (χ0n) is 11.4. The summed E-state index contributed by atoms with van der Waals surface area (Å²) in [4.78, 5) is 12.2. The van der Waals surface area contributed by atoms with E-state index in [0.29, 0.717) is 0 Å². The molecule has 2 aliphatic carbocycles. The number of ether oxygens (including phenoxy) is 2. The summed E-state index contributed by atoms with van der Waals surface area (Å²) in [5, 5.41) is 2.22. The second-order valence-corrected chi connectivity index (χ2v) is 6.85. The van der Waals surface area contributed by atoms with Gasteiger partial charge in [0.1, 0.15) is 4.83 Å². The molecule has 4 heteroatoms. The van der Waals surface area contributed by atoms with E-state index >= 15 is 0 Å². The fraction of sp³-hybridized carbons (Fsp3) is 0.353. The zero-order valence-corrected chi connectivity index (χ0v) is 13.0. The molecule has 2 aromatic carbocycles. The lowest BCUT2D eigenvalue weighted by Gasteiger charge is -2.33. The van der Waals surface area contributed by atoms with Crippen LogP contribution >= 0.6 is 15.9 Å². The number of carbonyl (C=O) groups excluding carboxylic acids is 1. The SMILES string of the molecule is O=C1c2c(c3c(c4cc5c(cc24)OCO5)CCCC3)C1Br. The summed E-state index contributed by atoms with van der Waals surface area (Å²) in [6.07, 6.45) is 4.60. The lowest BCUT2D eigenvalue weighted by atomic mass is 9.73. The number of aryl methyl sites for hydroxylation is 1. The van der Waals surface area contributed by atoms with E-state index in [1.165, 1.54) is 34.9 Å². The van der Waals surface area contributed by atoms with Crippen molar-refractivity contribution in [1.29, 1.82) is 0 Å². The molecule has 1 aliphatic heterocycles. The average Bonchev–Trinajstić information content (AvgIpc) is 2.98. The first kappa shape index (κ1) is 12.0. The summed E-state index contributed by atoms with van der Waals surface area (Å²) in [6.45, 7) is 0.269. The number of rotatable bonds is 0. The molecule has 106 valence electrons. The van der Waals surface area contributed by atoms with Gasteiger partial charge in [0.15, 0.2) is 17.3 Å². The lowest BCUT2D eigenvalue weighted by Crippen LogP contribution is -2.27. The fourth-order valence-electron chi connectivity index (χ4n) is 3.92. The van der Waals surface area contributed by atoms with Gasteiger partial charge in [0.05, 0.1) is 0 Å². The number of hydrogen-bond acceptors (Lipinski definition) is 3. The van der Waals surface area contributed by atoms with Crippen molar-refractivity contribution in [2.24, 2.45) is 0 Å². The molecular formula is C17H13BrO3. The molecule has 1 atom stereocenters. The van der Waals surface area contributed by atoms with Gasteiger partial charge in [-0.05, 0) is 65.3 Å². The Morgan fingerprint density at radius 2 is 1.67 bits per heavy atom. The number of alkyl halides is 1. The molecule has 0 aromatic heterocycles. The number of halogens is 1. The van der Waals surface area contributed by atoms with Gasteiger partial charge in [-0.1, -0.05) is 15.9 Å². The van der Waals surface area contributed by atoms with Crippen molar-refractivity contribution in [3.05, 3.63) is 34.4 Å². The predicted molar refractivity (Wildman–Crippen MR) is 82.7 cm³/mol. The topological polar surface area (TPSA) is 35.5 Å². The standard InChI is InChI=1S/C17H13BrO3/c18-16-14-9-4-2-1-3-8(9)10-5-12-13(21-7-20-12)6-11(10)15(14)17(16)19/h5-6,16H,1-4,7H2. The number of Topliss-reactive ketones (excluding diaryl/α,β-unsaturated/α-hetero) is 1. The van der Waals surface area contributed by atoms with Crippen LogP contribution in [0.3, 0.4) is 0 Å². The maximum Gasteiger partial charge on any atom is 0.231 e. The Morgan fingerprint density at radius 1 is 1.00 bits per heavy atom. The maximum atomic E-state index is 12.3. The third kappa shape index (κ3) is 1.41. The van der Waals surface area contributed by atoms with Crippen LogP contribution in [-0.4, -0.2) is 12.6 Å². The molecule has 0 amide bonds. The summed E-state index contributed by atoms with van der Waals surface area (Å²) < 4.78 is 11.0. The molecule has 0 saturated heterocycles. The van der Waals surface area contributed by atoms with Gasteiger partial charge < -0.3 is 9.47 Å². The van der Waals surface area contributed by atoms with E-state index in [4.69, 9.17) is 9.47 Å². The van der Waals surface area contributed by atoms with Crippen molar-refractivity contribution in [1.82, 2.24) is 0 Å². The number of ketones is 1. The minimum absolute atomic E-state index is 0.117. The van der Waals surface area contributed by atoms with E-state index < -0.39 is 0 Å². The summed E-state index contributed by atoms with van der Waals surface area (Å²) in [7, 11) is 0. The van der Waals surface area contributed by atoms with Crippen LogP contribution in [0.2, 0.25) is 0 Å². The van der Waals surface area contributed by atoms with Gasteiger partial charge in [-0.2, -0.15) is 0 Å². The highest BCUT2D eigenvalue weighted by Crippen LogP contribution is 2.51. The minimum Gasteiger partial charge on any atom is -0.454 e. The molecule has 1 unspecified atom stereocenters. The molecule has 3 aliphatic rings. The smallest absolute Gasteiger partial charge is 0.231 e. The van der Waals surface area contributed by atoms with Gasteiger partial charge in [0.25, 0.3) is 0 Å². The molecule has 0 N–H and O–H groups in total. The molecule has 0 saturated carbocycles. The van der Waals surface area contributed by atoms with Gasteiger partial charge >= 0.3 is 0 Å². The number of benzene rings is 2. The van der Waals surface area contributed by atoms with Crippen LogP contribution < -0.4 is 9.47 Å². The number of hydrogen-bond donors (Lipinski definition) is 0. The molecule has 3 nitrogen and oxygen atoms in total. The molecule has 1 heterocycles. The van der Waals surface area contributed by atoms with Crippen molar-refractivity contribution in [2.45, 2.75) is 30.5 Å². The summed E-state index contributed by atoms with van der Waals surface area (Å²) in [6, 6.07) is 4.05. The summed E-state index contributed by atoms with van der Waals surface area (Å²) in [5.41, 5.74) is 4.92. The molecule has 0 spiro atoms. The van der Waals surface area contributed by atoms with Crippen molar-refractivity contribution in [2.75, 3.05) is 6.79 Å².